The fourth-order valence-corrected chi connectivity index (χ4v) is 2.43. The number of rotatable bonds is 2. The first-order valence-electron chi connectivity index (χ1n) is 6.57. The summed E-state index contributed by atoms with van der Waals surface area (Å²) in [7, 11) is 0. The zero-order chi connectivity index (χ0) is 13.2. The summed E-state index contributed by atoms with van der Waals surface area (Å²) < 4.78 is 11.2. The van der Waals surface area contributed by atoms with E-state index < -0.39 is 6.10 Å². The topological polar surface area (TPSA) is 59.0 Å². The molecule has 1 saturated heterocycles. The Morgan fingerprint density at radius 3 is 2.79 bits per heavy atom. The van der Waals surface area contributed by atoms with Crippen molar-refractivity contribution in [2.75, 3.05) is 19.8 Å². The fraction of sp³-hybridized carbons (Fsp3) is 0.500. The number of fused-ring (bicyclic) bond motifs is 1. The number of benzene rings is 1. The van der Waals surface area contributed by atoms with Gasteiger partial charge in [-0.05, 0) is 17.7 Å². The summed E-state index contributed by atoms with van der Waals surface area (Å²) in [6.45, 7) is 2.24. The number of carbonyl (C=O) groups is 1. The molecule has 102 valence electrons. The van der Waals surface area contributed by atoms with Crippen LogP contribution in [0.2, 0.25) is 0 Å². The molecule has 1 fully saturated rings. The molecule has 0 radical (unpaired) electrons. The lowest BCUT2D eigenvalue weighted by molar-refractivity contribution is -0.128. The lowest BCUT2D eigenvalue weighted by Gasteiger charge is -2.17. The van der Waals surface area contributed by atoms with E-state index in [4.69, 9.17) is 9.47 Å². The van der Waals surface area contributed by atoms with Crippen molar-refractivity contribution in [2.45, 2.75) is 25.5 Å². The van der Waals surface area contributed by atoms with Crippen LogP contribution < -0.4 is 9.47 Å². The Morgan fingerprint density at radius 2 is 2.05 bits per heavy atom. The summed E-state index contributed by atoms with van der Waals surface area (Å²) in [5.74, 6) is 1.50. The summed E-state index contributed by atoms with van der Waals surface area (Å²) in [5, 5.41) is 9.47. The first-order chi connectivity index (χ1) is 9.22. The van der Waals surface area contributed by atoms with Crippen LogP contribution in [0.5, 0.6) is 11.5 Å². The van der Waals surface area contributed by atoms with Gasteiger partial charge in [0, 0.05) is 19.5 Å². The SMILES string of the molecule is O=C1CC(O)CN1Cc1ccc2c(c1)OCCCO2. The van der Waals surface area contributed by atoms with Gasteiger partial charge >= 0.3 is 0 Å². The van der Waals surface area contributed by atoms with Crippen molar-refractivity contribution < 1.29 is 19.4 Å². The minimum Gasteiger partial charge on any atom is -0.490 e. The number of aliphatic hydroxyl groups is 1. The van der Waals surface area contributed by atoms with Crippen molar-refractivity contribution in [1.82, 2.24) is 4.90 Å². The number of hydrogen-bond acceptors (Lipinski definition) is 4. The largest absolute Gasteiger partial charge is 0.490 e. The molecular weight excluding hydrogens is 246 g/mol. The van der Waals surface area contributed by atoms with Crippen molar-refractivity contribution in [3.05, 3.63) is 23.8 Å². The Kier molecular flexibility index (Phi) is 3.29. The van der Waals surface area contributed by atoms with E-state index in [0.717, 1.165) is 23.5 Å². The molecule has 5 nitrogen and oxygen atoms in total. The number of hydrogen-bond donors (Lipinski definition) is 1. The fourth-order valence-electron chi connectivity index (χ4n) is 2.43. The molecule has 1 atom stereocenters. The molecule has 3 rings (SSSR count). The van der Waals surface area contributed by atoms with Crippen molar-refractivity contribution in [3.8, 4) is 11.5 Å². The lowest BCUT2D eigenvalue weighted by Crippen LogP contribution is -2.25. The Balaban J connectivity index is 1.75. The molecule has 1 unspecified atom stereocenters. The van der Waals surface area contributed by atoms with Crippen LogP contribution in [0.1, 0.15) is 18.4 Å². The normalized spacial score (nSPS) is 22.5. The van der Waals surface area contributed by atoms with Crippen molar-refractivity contribution in [1.29, 1.82) is 0 Å². The predicted molar refractivity (Wildman–Crippen MR) is 68.1 cm³/mol. The van der Waals surface area contributed by atoms with Gasteiger partial charge in [-0.3, -0.25) is 4.79 Å². The van der Waals surface area contributed by atoms with E-state index in [1.807, 2.05) is 18.2 Å². The van der Waals surface area contributed by atoms with Crippen LogP contribution in [0.15, 0.2) is 18.2 Å². The highest BCUT2D eigenvalue weighted by Crippen LogP contribution is 2.31. The Labute approximate surface area is 111 Å². The number of β-amino-alcohol motifs (C(OH)–C–C–N with tert-alkyl or cyclic N) is 1. The molecule has 1 amide bonds. The lowest BCUT2D eigenvalue weighted by atomic mass is 10.2. The van der Waals surface area contributed by atoms with Crippen LogP contribution >= 0.6 is 0 Å². The van der Waals surface area contributed by atoms with Crippen molar-refractivity contribution in [2.24, 2.45) is 0 Å². The van der Waals surface area contributed by atoms with Crippen LogP contribution in [-0.4, -0.2) is 41.8 Å². The van der Waals surface area contributed by atoms with Crippen LogP contribution in [0.3, 0.4) is 0 Å². The van der Waals surface area contributed by atoms with Gasteiger partial charge in [0.25, 0.3) is 0 Å². The summed E-state index contributed by atoms with van der Waals surface area (Å²) >= 11 is 0. The maximum absolute atomic E-state index is 11.6. The average molecular weight is 263 g/mol. The summed E-state index contributed by atoms with van der Waals surface area (Å²) in [4.78, 5) is 13.3. The minimum atomic E-state index is -0.534. The van der Waals surface area contributed by atoms with E-state index in [9.17, 15) is 9.90 Å². The molecule has 1 aromatic carbocycles. The van der Waals surface area contributed by atoms with E-state index in [0.29, 0.717) is 26.3 Å². The van der Waals surface area contributed by atoms with Gasteiger partial charge in [0.1, 0.15) is 0 Å². The van der Waals surface area contributed by atoms with Gasteiger partial charge in [0.05, 0.1) is 25.7 Å². The number of amides is 1. The summed E-state index contributed by atoms with van der Waals surface area (Å²) in [5.41, 5.74) is 0.992. The van der Waals surface area contributed by atoms with Gasteiger partial charge in [-0.25, -0.2) is 0 Å². The van der Waals surface area contributed by atoms with Crippen LogP contribution in [0.4, 0.5) is 0 Å². The quantitative estimate of drug-likeness (QED) is 0.862. The zero-order valence-corrected chi connectivity index (χ0v) is 10.7. The molecule has 2 aliphatic rings. The van der Waals surface area contributed by atoms with E-state index in [1.54, 1.807) is 4.90 Å². The third kappa shape index (κ3) is 2.66. The number of ether oxygens (including phenoxy) is 2. The third-order valence-corrected chi connectivity index (χ3v) is 3.38. The molecule has 0 bridgehead atoms. The Hall–Kier alpha value is -1.75. The molecule has 2 heterocycles. The third-order valence-electron chi connectivity index (χ3n) is 3.38. The van der Waals surface area contributed by atoms with E-state index in [2.05, 4.69) is 0 Å². The highest BCUT2D eigenvalue weighted by atomic mass is 16.5. The highest BCUT2D eigenvalue weighted by Gasteiger charge is 2.28. The van der Waals surface area contributed by atoms with Gasteiger partial charge in [0.2, 0.25) is 5.91 Å². The van der Waals surface area contributed by atoms with Crippen LogP contribution in [0, 0.1) is 0 Å². The second-order valence-electron chi connectivity index (χ2n) is 4.96. The van der Waals surface area contributed by atoms with Crippen LogP contribution in [0.25, 0.3) is 0 Å². The Morgan fingerprint density at radius 1 is 1.26 bits per heavy atom. The highest BCUT2D eigenvalue weighted by molar-refractivity contribution is 5.79. The second-order valence-corrected chi connectivity index (χ2v) is 4.96. The molecule has 0 spiro atoms. The van der Waals surface area contributed by atoms with E-state index in [-0.39, 0.29) is 12.3 Å². The van der Waals surface area contributed by atoms with E-state index >= 15 is 0 Å². The van der Waals surface area contributed by atoms with Gasteiger partial charge in [-0.1, -0.05) is 6.07 Å². The summed E-state index contributed by atoms with van der Waals surface area (Å²) in [6.07, 6.45) is 0.568. The van der Waals surface area contributed by atoms with Crippen LogP contribution in [-0.2, 0) is 11.3 Å². The molecule has 1 N–H and O–H groups in total. The molecule has 0 aliphatic carbocycles. The summed E-state index contributed by atoms with van der Waals surface area (Å²) in [6, 6.07) is 5.73. The van der Waals surface area contributed by atoms with Gasteiger partial charge < -0.3 is 19.5 Å². The Bertz CT molecular complexity index is 488. The zero-order valence-electron chi connectivity index (χ0n) is 10.7. The molecule has 0 saturated carbocycles. The smallest absolute Gasteiger partial charge is 0.225 e. The number of likely N-dealkylation sites (tertiary alicyclic amines) is 1. The standard InChI is InChI=1S/C14H17NO4/c16-11-7-14(17)15(9-11)8-10-2-3-12-13(6-10)19-5-1-4-18-12/h2-3,6,11,16H,1,4-5,7-9H2. The minimum absolute atomic E-state index is 0.000360. The number of carbonyl (C=O) groups excluding carboxylic acids is 1. The predicted octanol–water partition coefficient (Wildman–Crippen LogP) is 0.941. The maximum atomic E-state index is 11.6. The molecule has 2 aliphatic heterocycles. The van der Waals surface area contributed by atoms with Gasteiger partial charge in [0.15, 0.2) is 11.5 Å². The first-order valence-corrected chi connectivity index (χ1v) is 6.57. The first kappa shape index (κ1) is 12.3. The maximum Gasteiger partial charge on any atom is 0.225 e. The van der Waals surface area contributed by atoms with Crippen molar-refractivity contribution in [3.63, 3.8) is 0 Å². The number of aliphatic hydroxyl groups excluding tert-OH is 1. The molecule has 19 heavy (non-hydrogen) atoms. The number of nitrogens with zero attached hydrogens (tertiary/aromatic N) is 1. The van der Waals surface area contributed by atoms with Gasteiger partial charge in [-0.15, -0.1) is 0 Å². The second kappa shape index (κ2) is 5.09. The molecule has 1 aromatic rings. The molecule has 0 aromatic heterocycles. The monoisotopic (exact) mass is 263 g/mol. The van der Waals surface area contributed by atoms with Gasteiger partial charge in [-0.2, -0.15) is 0 Å². The molecular formula is C14H17NO4. The van der Waals surface area contributed by atoms with E-state index in [1.165, 1.54) is 0 Å². The molecule has 5 heteroatoms. The average Bonchev–Trinajstić information content (AvgIpc) is 2.60. The van der Waals surface area contributed by atoms with Crippen molar-refractivity contribution >= 4 is 5.91 Å².